The molecular weight excluding hydrogens is 248 g/mol. The molecule has 0 aromatic heterocycles. The van der Waals surface area contributed by atoms with Crippen LogP contribution in [0.25, 0.3) is 0 Å². The fourth-order valence-corrected chi connectivity index (χ4v) is 2.12. The molecule has 0 aliphatic rings. The lowest BCUT2D eigenvalue weighted by molar-refractivity contribution is -0.116. The number of hydrogen-bond acceptors (Lipinski definition) is 2. The monoisotopic (exact) mass is 268 g/mol. The molecule has 0 saturated carbocycles. The third-order valence-corrected chi connectivity index (χ3v) is 3.21. The van der Waals surface area contributed by atoms with E-state index < -0.39 is 0 Å². The van der Waals surface area contributed by atoms with Crippen molar-refractivity contribution in [1.82, 2.24) is 0 Å². The van der Waals surface area contributed by atoms with Crippen LogP contribution < -0.4 is 11.1 Å². The Morgan fingerprint density at radius 3 is 2.45 bits per heavy atom. The van der Waals surface area contributed by atoms with Gasteiger partial charge in [0.25, 0.3) is 0 Å². The summed E-state index contributed by atoms with van der Waals surface area (Å²) in [4.78, 5) is 12.0. The van der Waals surface area contributed by atoms with Crippen LogP contribution in [0.3, 0.4) is 0 Å². The third kappa shape index (κ3) is 3.93. The summed E-state index contributed by atoms with van der Waals surface area (Å²) >= 11 is 0. The molecule has 0 aliphatic heterocycles. The number of amides is 1. The first-order valence-corrected chi connectivity index (χ1v) is 6.85. The summed E-state index contributed by atoms with van der Waals surface area (Å²) in [6, 6.07) is 17.6. The van der Waals surface area contributed by atoms with E-state index in [0.717, 1.165) is 17.7 Å². The molecule has 1 amide bonds. The van der Waals surface area contributed by atoms with Crippen LogP contribution in [-0.4, -0.2) is 5.91 Å². The van der Waals surface area contributed by atoms with Gasteiger partial charge in [-0.05, 0) is 30.5 Å². The van der Waals surface area contributed by atoms with Gasteiger partial charge in [-0.15, -0.1) is 0 Å². The zero-order chi connectivity index (χ0) is 14.4. The highest BCUT2D eigenvalue weighted by molar-refractivity contribution is 5.91. The Hall–Kier alpha value is -2.13. The second-order valence-electron chi connectivity index (χ2n) is 4.91. The van der Waals surface area contributed by atoms with Gasteiger partial charge in [0, 0.05) is 18.2 Å². The van der Waals surface area contributed by atoms with Crippen LogP contribution in [0.4, 0.5) is 5.69 Å². The lowest BCUT2D eigenvalue weighted by atomic mass is 10.1. The lowest BCUT2D eigenvalue weighted by Crippen LogP contribution is -2.16. The number of aryl methyl sites for hydroxylation is 1. The Balaban J connectivity index is 1.95. The number of anilines is 1. The summed E-state index contributed by atoms with van der Waals surface area (Å²) in [6.45, 7) is 1.91. The highest BCUT2D eigenvalue weighted by Gasteiger charge is 2.09. The molecule has 0 bridgehead atoms. The molecule has 3 heteroatoms. The molecule has 3 N–H and O–H groups in total. The average molecular weight is 268 g/mol. The SMILES string of the molecule is CC(N)c1ccccc1NC(=O)CCc1ccccc1. The van der Waals surface area contributed by atoms with Crippen molar-refractivity contribution >= 4 is 11.6 Å². The topological polar surface area (TPSA) is 55.1 Å². The second-order valence-corrected chi connectivity index (χ2v) is 4.91. The number of carbonyl (C=O) groups is 1. The van der Waals surface area contributed by atoms with Crippen LogP contribution in [0.5, 0.6) is 0 Å². The molecule has 2 rings (SSSR count). The molecule has 104 valence electrons. The van der Waals surface area contributed by atoms with Crippen LogP contribution in [-0.2, 0) is 11.2 Å². The minimum Gasteiger partial charge on any atom is -0.326 e. The zero-order valence-electron chi connectivity index (χ0n) is 11.7. The van der Waals surface area contributed by atoms with Crippen molar-refractivity contribution in [3.8, 4) is 0 Å². The van der Waals surface area contributed by atoms with E-state index in [0.29, 0.717) is 6.42 Å². The Labute approximate surface area is 119 Å². The van der Waals surface area contributed by atoms with E-state index in [1.807, 2.05) is 61.5 Å². The molecule has 0 saturated heterocycles. The summed E-state index contributed by atoms with van der Waals surface area (Å²) < 4.78 is 0. The van der Waals surface area contributed by atoms with Crippen LogP contribution in [0.2, 0.25) is 0 Å². The van der Waals surface area contributed by atoms with Gasteiger partial charge in [0.05, 0.1) is 0 Å². The first-order valence-electron chi connectivity index (χ1n) is 6.85. The largest absolute Gasteiger partial charge is 0.326 e. The van der Waals surface area contributed by atoms with Gasteiger partial charge >= 0.3 is 0 Å². The number of nitrogens with two attached hydrogens (primary N) is 1. The third-order valence-electron chi connectivity index (χ3n) is 3.21. The van der Waals surface area contributed by atoms with Crippen molar-refractivity contribution in [1.29, 1.82) is 0 Å². The van der Waals surface area contributed by atoms with Crippen LogP contribution in [0, 0.1) is 0 Å². The van der Waals surface area contributed by atoms with Crippen molar-refractivity contribution in [3.63, 3.8) is 0 Å². The summed E-state index contributed by atoms with van der Waals surface area (Å²) in [5.41, 5.74) is 8.84. The highest BCUT2D eigenvalue weighted by atomic mass is 16.1. The predicted octanol–water partition coefficient (Wildman–Crippen LogP) is 3.28. The molecule has 2 aromatic rings. The minimum atomic E-state index is -0.0966. The van der Waals surface area contributed by atoms with Crippen LogP contribution >= 0.6 is 0 Å². The van der Waals surface area contributed by atoms with Gasteiger partial charge in [0.1, 0.15) is 0 Å². The normalized spacial score (nSPS) is 11.9. The smallest absolute Gasteiger partial charge is 0.224 e. The molecule has 20 heavy (non-hydrogen) atoms. The molecule has 0 fully saturated rings. The van der Waals surface area contributed by atoms with Crippen LogP contribution in [0.1, 0.15) is 30.5 Å². The Kier molecular flexibility index (Phi) is 4.91. The number of rotatable bonds is 5. The predicted molar refractivity (Wildman–Crippen MR) is 82.4 cm³/mol. The quantitative estimate of drug-likeness (QED) is 0.874. The van der Waals surface area contributed by atoms with E-state index in [1.54, 1.807) is 0 Å². The highest BCUT2D eigenvalue weighted by Crippen LogP contribution is 2.21. The maximum Gasteiger partial charge on any atom is 0.224 e. The molecular formula is C17H20N2O. The van der Waals surface area contributed by atoms with E-state index in [2.05, 4.69) is 5.32 Å². The van der Waals surface area contributed by atoms with E-state index in [9.17, 15) is 4.79 Å². The van der Waals surface area contributed by atoms with E-state index in [1.165, 1.54) is 5.56 Å². The van der Waals surface area contributed by atoms with Crippen molar-refractivity contribution in [2.24, 2.45) is 5.73 Å². The van der Waals surface area contributed by atoms with E-state index in [-0.39, 0.29) is 11.9 Å². The van der Waals surface area contributed by atoms with Crippen molar-refractivity contribution < 1.29 is 4.79 Å². The van der Waals surface area contributed by atoms with Crippen molar-refractivity contribution in [3.05, 3.63) is 65.7 Å². The minimum absolute atomic E-state index is 0.0157. The van der Waals surface area contributed by atoms with Gasteiger partial charge in [-0.3, -0.25) is 4.79 Å². The summed E-state index contributed by atoms with van der Waals surface area (Å²) in [7, 11) is 0. The summed E-state index contributed by atoms with van der Waals surface area (Å²) in [5, 5.41) is 2.94. The molecule has 2 aromatic carbocycles. The van der Waals surface area contributed by atoms with Crippen molar-refractivity contribution in [2.75, 3.05) is 5.32 Å². The molecule has 3 nitrogen and oxygen atoms in total. The number of hydrogen-bond donors (Lipinski definition) is 2. The van der Waals surface area contributed by atoms with E-state index >= 15 is 0 Å². The summed E-state index contributed by atoms with van der Waals surface area (Å²) in [6.07, 6.45) is 1.21. The number of para-hydroxylation sites is 1. The van der Waals surface area contributed by atoms with Crippen molar-refractivity contribution in [2.45, 2.75) is 25.8 Å². The number of nitrogens with one attached hydrogen (secondary N) is 1. The van der Waals surface area contributed by atoms with Gasteiger partial charge < -0.3 is 11.1 Å². The first kappa shape index (κ1) is 14.3. The number of benzene rings is 2. The zero-order valence-corrected chi connectivity index (χ0v) is 11.7. The van der Waals surface area contributed by atoms with Gasteiger partial charge in [-0.1, -0.05) is 48.5 Å². The van der Waals surface area contributed by atoms with Gasteiger partial charge in [0.2, 0.25) is 5.91 Å². The van der Waals surface area contributed by atoms with Gasteiger partial charge in [-0.2, -0.15) is 0 Å². The molecule has 1 atom stereocenters. The van der Waals surface area contributed by atoms with E-state index in [4.69, 9.17) is 5.73 Å². The fourth-order valence-electron chi connectivity index (χ4n) is 2.12. The summed E-state index contributed by atoms with van der Waals surface area (Å²) in [5.74, 6) is 0.0157. The lowest BCUT2D eigenvalue weighted by Gasteiger charge is -2.13. The standard InChI is InChI=1S/C17H20N2O/c1-13(18)15-9-5-6-10-16(15)19-17(20)12-11-14-7-3-2-4-8-14/h2-10,13H,11-12,18H2,1H3,(H,19,20). The Morgan fingerprint density at radius 2 is 1.75 bits per heavy atom. The maximum absolute atomic E-state index is 12.0. The molecule has 0 radical (unpaired) electrons. The average Bonchev–Trinajstić information content (AvgIpc) is 2.46. The number of carbonyl (C=O) groups excluding carboxylic acids is 1. The van der Waals surface area contributed by atoms with Crippen LogP contribution in [0.15, 0.2) is 54.6 Å². The van der Waals surface area contributed by atoms with Gasteiger partial charge in [-0.25, -0.2) is 0 Å². The molecule has 0 heterocycles. The second kappa shape index (κ2) is 6.87. The molecule has 0 aliphatic carbocycles. The Bertz CT molecular complexity index is 564. The maximum atomic E-state index is 12.0. The fraction of sp³-hybridized carbons (Fsp3) is 0.235. The van der Waals surface area contributed by atoms with Gasteiger partial charge in [0.15, 0.2) is 0 Å². The first-order chi connectivity index (χ1) is 9.66. The Morgan fingerprint density at radius 1 is 1.10 bits per heavy atom. The molecule has 0 spiro atoms. The molecule has 1 unspecified atom stereocenters.